The van der Waals surface area contributed by atoms with Gasteiger partial charge in [-0.3, -0.25) is 14.6 Å². The summed E-state index contributed by atoms with van der Waals surface area (Å²) in [7, 11) is 0. The first-order valence-corrected chi connectivity index (χ1v) is 6.10. The van der Waals surface area contributed by atoms with Crippen LogP contribution in [-0.2, 0) is 11.2 Å². The number of nitrogens with one attached hydrogen (secondary N) is 1. The lowest BCUT2D eigenvalue weighted by Gasteiger charge is -2.06. The van der Waals surface area contributed by atoms with E-state index in [2.05, 4.69) is 10.3 Å². The molecule has 2 heterocycles. The fraction of sp³-hybridized carbons (Fsp3) is 0.0714. The van der Waals surface area contributed by atoms with Crippen molar-refractivity contribution in [3.63, 3.8) is 0 Å². The molecule has 0 spiro atoms. The third-order valence-electron chi connectivity index (χ3n) is 3.01. The summed E-state index contributed by atoms with van der Waals surface area (Å²) in [6.45, 7) is 0. The van der Waals surface area contributed by atoms with E-state index in [0.29, 0.717) is 21.8 Å². The van der Waals surface area contributed by atoms with E-state index in [4.69, 9.17) is 11.6 Å². The summed E-state index contributed by atoms with van der Waals surface area (Å²) in [5, 5.41) is 3.04. The molecule has 1 amide bonds. The number of carbonyl (C=O) groups excluding carboxylic acids is 2. The lowest BCUT2D eigenvalue weighted by atomic mass is 10.0. The quantitative estimate of drug-likeness (QED) is 0.855. The number of amides is 1. The largest absolute Gasteiger partial charge is 0.325 e. The van der Waals surface area contributed by atoms with Gasteiger partial charge in [0.25, 0.3) is 0 Å². The Labute approximate surface area is 114 Å². The molecule has 1 aliphatic heterocycles. The smallest absolute Gasteiger partial charge is 0.228 e. The zero-order valence-corrected chi connectivity index (χ0v) is 10.6. The van der Waals surface area contributed by atoms with E-state index in [-0.39, 0.29) is 18.1 Å². The molecule has 0 saturated heterocycles. The van der Waals surface area contributed by atoms with Crippen LogP contribution in [0, 0.1) is 0 Å². The second-order valence-corrected chi connectivity index (χ2v) is 4.69. The summed E-state index contributed by atoms with van der Waals surface area (Å²) in [6.07, 6.45) is 3.39. The molecule has 0 radical (unpaired) electrons. The molecule has 0 aliphatic carbocycles. The number of aromatic nitrogens is 1. The van der Waals surface area contributed by atoms with Gasteiger partial charge in [0.2, 0.25) is 5.91 Å². The average molecular weight is 273 g/mol. The summed E-state index contributed by atoms with van der Waals surface area (Å²) >= 11 is 6.11. The second kappa shape index (κ2) is 4.48. The van der Waals surface area contributed by atoms with Gasteiger partial charge in [0.1, 0.15) is 0 Å². The van der Waals surface area contributed by atoms with Crippen LogP contribution >= 0.6 is 11.6 Å². The highest BCUT2D eigenvalue weighted by Gasteiger charge is 2.22. The Morgan fingerprint density at radius 3 is 2.74 bits per heavy atom. The average Bonchev–Trinajstić information content (AvgIpc) is 2.77. The molecular weight excluding hydrogens is 264 g/mol. The number of hydrogen-bond donors (Lipinski definition) is 1. The van der Waals surface area contributed by atoms with E-state index in [0.717, 1.165) is 5.56 Å². The van der Waals surface area contributed by atoms with Gasteiger partial charge in [0.05, 0.1) is 11.4 Å². The summed E-state index contributed by atoms with van der Waals surface area (Å²) in [4.78, 5) is 27.5. The normalized spacial score (nSPS) is 13.0. The van der Waals surface area contributed by atoms with Gasteiger partial charge in [0.15, 0.2) is 5.78 Å². The van der Waals surface area contributed by atoms with Gasteiger partial charge in [-0.1, -0.05) is 11.6 Å². The number of anilines is 1. The maximum atomic E-state index is 12.3. The first-order chi connectivity index (χ1) is 9.15. The van der Waals surface area contributed by atoms with Crippen molar-refractivity contribution in [2.24, 2.45) is 0 Å². The van der Waals surface area contributed by atoms with Crippen LogP contribution < -0.4 is 5.32 Å². The molecular formula is C14H9ClN2O2. The highest BCUT2D eigenvalue weighted by molar-refractivity contribution is 6.35. The minimum atomic E-state index is -0.172. The first-order valence-electron chi connectivity index (χ1n) is 5.72. The third-order valence-corrected chi connectivity index (χ3v) is 3.32. The van der Waals surface area contributed by atoms with E-state index < -0.39 is 0 Å². The standard InChI is InChI=1S/C14H9ClN2O2/c15-11-7-12-9(6-13(18)17-12)5-10(11)14(19)8-1-3-16-4-2-8/h1-5,7H,6H2,(H,17,18). The van der Waals surface area contributed by atoms with Crippen LogP contribution in [0.5, 0.6) is 0 Å². The van der Waals surface area contributed by atoms with E-state index in [1.54, 1.807) is 36.7 Å². The van der Waals surface area contributed by atoms with Gasteiger partial charge >= 0.3 is 0 Å². The number of carbonyl (C=O) groups is 2. The molecule has 1 aliphatic rings. The van der Waals surface area contributed by atoms with Crippen molar-refractivity contribution in [1.29, 1.82) is 0 Å². The van der Waals surface area contributed by atoms with E-state index in [9.17, 15) is 9.59 Å². The first kappa shape index (κ1) is 11.9. The zero-order chi connectivity index (χ0) is 13.4. The Morgan fingerprint density at radius 2 is 2.00 bits per heavy atom. The molecule has 3 rings (SSSR count). The van der Waals surface area contributed by atoms with Crippen LogP contribution in [-0.4, -0.2) is 16.7 Å². The molecule has 0 fully saturated rings. The Bertz CT molecular complexity index is 683. The van der Waals surface area contributed by atoms with Gasteiger partial charge in [-0.15, -0.1) is 0 Å². The van der Waals surface area contributed by atoms with Gasteiger partial charge in [-0.25, -0.2) is 0 Å². The Balaban J connectivity index is 2.05. The number of hydrogen-bond acceptors (Lipinski definition) is 3. The van der Waals surface area contributed by atoms with Crippen molar-refractivity contribution < 1.29 is 9.59 Å². The number of fused-ring (bicyclic) bond motifs is 1. The predicted molar refractivity (Wildman–Crippen MR) is 71.5 cm³/mol. The van der Waals surface area contributed by atoms with Gasteiger partial charge in [-0.05, 0) is 29.8 Å². The number of benzene rings is 1. The van der Waals surface area contributed by atoms with Gasteiger partial charge in [-0.2, -0.15) is 0 Å². The number of ketones is 1. The number of halogens is 1. The second-order valence-electron chi connectivity index (χ2n) is 4.28. The SMILES string of the molecule is O=C1Cc2cc(C(=O)c3ccncc3)c(Cl)cc2N1. The molecule has 0 atom stereocenters. The minimum absolute atomic E-state index is 0.0837. The fourth-order valence-electron chi connectivity index (χ4n) is 2.08. The summed E-state index contributed by atoms with van der Waals surface area (Å²) < 4.78 is 0. The topological polar surface area (TPSA) is 59.1 Å². The number of nitrogens with zero attached hydrogens (tertiary/aromatic N) is 1. The van der Waals surface area contributed by atoms with Crippen molar-refractivity contribution in [2.75, 3.05) is 5.32 Å². The third kappa shape index (κ3) is 2.11. The summed E-state index contributed by atoms with van der Waals surface area (Å²) in [5.74, 6) is -0.255. The monoisotopic (exact) mass is 272 g/mol. The lowest BCUT2D eigenvalue weighted by molar-refractivity contribution is -0.115. The van der Waals surface area contributed by atoms with Crippen molar-refractivity contribution in [3.8, 4) is 0 Å². The summed E-state index contributed by atoms with van der Waals surface area (Å²) in [6, 6.07) is 6.57. The molecule has 2 aromatic rings. The fourth-order valence-corrected chi connectivity index (χ4v) is 2.33. The van der Waals surface area contributed by atoms with E-state index in [1.165, 1.54) is 0 Å². The molecule has 1 aromatic heterocycles. The van der Waals surface area contributed by atoms with Gasteiger partial charge < -0.3 is 5.32 Å². The minimum Gasteiger partial charge on any atom is -0.325 e. The summed E-state index contributed by atoms with van der Waals surface area (Å²) in [5.41, 5.74) is 2.41. The van der Waals surface area contributed by atoms with Crippen molar-refractivity contribution in [3.05, 3.63) is 58.4 Å². The molecule has 19 heavy (non-hydrogen) atoms. The highest BCUT2D eigenvalue weighted by Crippen LogP contribution is 2.30. The van der Waals surface area contributed by atoms with Crippen LogP contribution in [0.3, 0.4) is 0 Å². The lowest BCUT2D eigenvalue weighted by Crippen LogP contribution is -2.03. The van der Waals surface area contributed by atoms with Crippen molar-refractivity contribution in [1.82, 2.24) is 4.98 Å². The van der Waals surface area contributed by atoms with E-state index >= 15 is 0 Å². The van der Waals surface area contributed by atoms with Crippen molar-refractivity contribution >= 4 is 29.0 Å². The zero-order valence-electron chi connectivity index (χ0n) is 9.81. The number of pyridine rings is 1. The van der Waals surface area contributed by atoms with Crippen LogP contribution in [0.1, 0.15) is 21.5 Å². The molecule has 5 heteroatoms. The predicted octanol–water partition coefficient (Wildman–Crippen LogP) is 2.46. The van der Waals surface area contributed by atoms with Crippen molar-refractivity contribution in [2.45, 2.75) is 6.42 Å². The van der Waals surface area contributed by atoms with Crippen LogP contribution in [0.2, 0.25) is 5.02 Å². The molecule has 0 saturated carbocycles. The molecule has 4 nitrogen and oxygen atoms in total. The molecule has 0 unspecified atom stereocenters. The Morgan fingerprint density at radius 1 is 1.26 bits per heavy atom. The molecule has 0 bridgehead atoms. The number of rotatable bonds is 2. The maximum Gasteiger partial charge on any atom is 0.228 e. The molecule has 1 N–H and O–H groups in total. The Hall–Kier alpha value is -2.20. The van der Waals surface area contributed by atoms with Gasteiger partial charge in [0, 0.05) is 29.2 Å². The molecule has 94 valence electrons. The highest BCUT2D eigenvalue weighted by atomic mass is 35.5. The Kier molecular flexibility index (Phi) is 2.80. The van der Waals surface area contributed by atoms with E-state index in [1.807, 2.05) is 0 Å². The van der Waals surface area contributed by atoms with Crippen LogP contribution in [0.4, 0.5) is 5.69 Å². The van der Waals surface area contributed by atoms with Crippen LogP contribution in [0.15, 0.2) is 36.7 Å². The maximum absolute atomic E-state index is 12.3. The van der Waals surface area contributed by atoms with Crippen LogP contribution in [0.25, 0.3) is 0 Å². The molecule has 1 aromatic carbocycles.